The minimum absolute atomic E-state index is 0.374. The summed E-state index contributed by atoms with van der Waals surface area (Å²) in [6, 6.07) is 11.5. The fourth-order valence-electron chi connectivity index (χ4n) is 2.04. The number of aryl methyl sites for hydroxylation is 1. The Labute approximate surface area is 136 Å². The maximum atomic E-state index is 13.6. The first-order chi connectivity index (χ1) is 11.3. The number of benzene rings is 2. The summed E-state index contributed by atoms with van der Waals surface area (Å²) in [6.45, 7) is 1.41. The zero-order valence-corrected chi connectivity index (χ0v) is 12.7. The molecule has 2 aromatic rings. The quantitative estimate of drug-likeness (QED) is 0.793. The van der Waals surface area contributed by atoms with Crippen LogP contribution in [0, 0.1) is 6.92 Å². The molecule has 3 nitrogen and oxygen atoms in total. The molecule has 0 unspecified atom stereocenters. The second-order valence-electron chi connectivity index (χ2n) is 5.12. The number of anilines is 1. The van der Waals surface area contributed by atoms with Gasteiger partial charge in [-0.15, -0.1) is 0 Å². The molecule has 0 atom stereocenters. The highest BCUT2D eigenvalue weighted by Crippen LogP contribution is 2.38. The van der Waals surface area contributed by atoms with Gasteiger partial charge in [0, 0.05) is 0 Å². The van der Waals surface area contributed by atoms with Crippen molar-refractivity contribution in [3.63, 3.8) is 0 Å². The molecule has 0 saturated carbocycles. The van der Waals surface area contributed by atoms with Crippen molar-refractivity contribution in [2.24, 2.45) is 0 Å². The second-order valence-corrected chi connectivity index (χ2v) is 5.12. The Hall–Kier alpha value is -2.57. The summed E-state index contributed by atoms with van der Waals surface area (Å²) in [5.41, 5.74) is -0.389. The van der Waals surface area contributed by atoms with Crippen molar-refractivity contribution in [2.75, 3.05) is 11.9 Å². The Balaban J connectivity index is 2.07. The van der Waals surface area contributed by atoms with Gasteiger partial charge in [0.15, 0.2) is 6.61 Å². The van der Waals surface area contributed by atoms with Gasteiger partial charge in [0.25, 0.3) is 5.91 Å². The third kappa shape index (κ3) is 4.24. The van der Waals surface area contributed by atoms with Crippen LogP contribution < -0.4 is 10.1 Å². The second kappa shape index (κ2) is 7.33. The van der Waals surface area contributed by atoms with Crippen LogP contribution in [0.25, 0.3) is 0 Å². The number of amides is 1. The molecular weight excluding hydrogens is 326 g/mol. The molecule has 0 aliphatic heterocycles. The highest BCUT2D eigenvalue weighted by atomic mass is 19.3. The van der Waals surface area contributed by atoms with E-state index >= 15 is 0 Å². The van der Waals surface area contributed by atoms with E-state index in [-0.39, 0.29) is 5.69 Å². The monoisotopic (exact) mass is 341 g/mol. The van der Waals surface area contributed by atoms with Crippen LogP contribution in [0.5, 0.6) is 5.75 Å². The summed E-state index contributed by atoms with van der Waals surface area (Å²) in [4.78, 5) is 11.9. The zero-order chi connectivity index (χ0) is 17.7. The van der Waals surface area contributed by atoms with Crippen LogP contribution in [-0.4, -0.2) is 18.9 Å². The Morgan fingerprint density at radius 3 is 2.54 bits per heavy atom. The molecule has 24 heavy (non-hydrogen) atoms. The first kappa shape index (κ1) is 17.8. The Kier molecular flexibility index (Phi) is 5.43. The van der Waals surface area contributed by atoms with Gasteiger partial charge in [-0.1, -0.05) is 30.3 Å². The van der Waals surface area contributed by atoms with E-state index in [1.165, 1.54) is 12.1 Å². The molecule has 0 aliphatic carbocycles. The highest BCUT2D eigenvalue weighted by Gasteiger charge is 2.44. The number of para-hydroxylation sites is 1. The molecule has 0 radical (unpaired) electrons. The van der Waals surface area contributed by atoms with Crippen LogP contribution >= 0.6 is 0 Å². The van der Waals surface area contributed by atoms with Crippen molar-refractivity contribution in [1.29, 1.82) is 0 Å². The number of carbonyl (C=O) groups excluding carboxylic acids is 1. The first-order valence-corrected chi connectivity index (χ1v) is 7.05. The summed E-state index contributed by atoms with van der Waals surface area (Å²) >= 11 is 0. The number of rotatable bonds is 6. The lowest BCUT2D eigenvalue weighted by atomic mass is 10.1. The number of ether oxygens (including phenoxy) is 1. The Bertz CT molecular complexity index is 719. The lowest BCUT2D eigenvalue weighted by molar-refractivity contribution is -0.134. The third-order valence-electron chi connectivity index (χ3n) is 3.19. The Morgan fingerprint density at radius 2 is 1.88 bits per heavy atom. The van der Waals surface area contributed by atoms with Gasteiger partial charge >= 0.3 is 12.3 Å². The van der Waals surface area contributed by atoms with E-state index in [2.05, 4.69) is 5.32 Å². The van der Waals surface area contributed by atoms with E-state index in [1.54, 1.807) is 18.2 Å². The summed E-state index contributed by atoms with van der Waals surface area (Å²) in [5.74, 6) is -4.65. The smallest absolute Gasteiger partial charge is 0.334 e. The zero-order valence-electron chi connectivity index (χ0n) is 12.7. The molecule has 1 N–H and O–H groups in total. The van der Waals surface area contributed by atoms with Crippen LogP contribution in [-0.2, 0) is 10.7 Å². The molecule has 0 aliphatic rings. The topological polar surface area (TPSA) is 38.3 Å². The van der Waals surface area contributed by atoms with Crippen LogP contribution in [0.2, 0.25) is 0 Å². The molecule has 2 aromatic carbocycles. The fourth-order valence-corrected chi connectivity index (χ4v) is 2.04. The van der Waals surface area contributed by atoms with E-state index in [0.29, 0.717) is 5.75 Å². The summed E-state index contributed by atoms with van der Waals surface area (Å²) in [6.07, 6.45) is -3.88. The van der Waals surface area contributed by atoms with Gasteiger partial charge in [-0.3, -0.25) is 4.79 Å². The van der Waals surface area contributed by atoms with Crippen LogP contribution in [0.3, 0.4) is 0 Å². The van der Waals surface area contributed by atoms with Crippen molar-refractivity contribution in [1.82, 2.24) is 0 Å². The minimum atomic E-state index is -4.36. The molecule has 0 bridgehead atoms. The van der Waals surface area contributed by atoms with Crippen LogP contribution in [0.1, 0.15) is 11.1 Å². The van der Waals surface area contributed by atoms with Crippen molar-refractivity contribution >= 4 is 11.6 Å². The fraction of sp³-hybridized carbons (Fsp3) is 0.235. The molecule has 0 saturated heterocycles. The van der Waals surface area contributed by atoms with Gasteiger partial charge in [-0.2, -0.15) is 8.78 Å². The largest absolute Gasteiger partial charge is 0.484 e. The maximum absolute atomic E-state index is 13.6. The van der Waals surface area contributed by atoms with Crippen molar-refractivity contribution in [3.8, 4) is 5.75 Å². The van der Waals surface area contributed by atoms with Crippen molar-refractivity contribution in [3.05, 3.63) is 59.7 Å². The maximum Gasteiger partial charge on any atom is 0.334 e. The average molecular weight is 341 g/mol. The lowest BCUT2D eigenvalue weighted by Gasteiger charge is -2.19. The van der Waals surface area contributed by atoms with E-state index in [4.69, 9.17) is 4.74 Å². The number of nitrogens with one attached hydrogen (secondary N) is 1. The first-order valence-electron chi connectivity index (χ1n) is 7.05. The molecule has 128 valence electrons. The summed E-state index contributed by atoms with van der Waals surface area (Å²) in [5, 5.41) is 2.18. The molecule has 0 aromatic heterocycles. The molecule has 1 amide bonds. The molecule has 2 rings (SSSR count). The van der Waals surface area contributed by atoms with Gasteiger partial charge in [-0.05, 0) is 30.7 Å². The Morgan fingerprint density at radius 1 is 1.17 bits per heavy atom. The summed E-state index contributed by atoms with van der Waals surface area (Å²) in [7, 11) is 0. The number of alkyl halides is 4. The third-order valence-corrected chi connectivity index (χ3v) is 3.19. The number of hydrogen-bond acceptors (Lipinski definition) is 2. The number of halogens is 4. The SMILES string of the molecule is Cc1cccc(OCC(=O)Nc2ccccc2C(F)(F)C(F)F)c1. The van der Waals surface area contributed by atoms with Gasteiger partial charge in [-0.25, -0.2) is 8.78 Å². The average Bonchev–Trinajstić information content (AvgIpc) is 2.53. The van der Waals surface area contributed by atoms with Crippen molar-refractivity contribution in [2.45, 2.75) is 19.3 Å². The van der Waals surface area contributed by atoms with E-state index in [1.807, 2.05) is 13.0 Å². The predicted octanol–water partition coefficient (Wildman–Crippen LogP) is 4.37. The minimum Gasteiger partial charge on any atom is -0.484 e. The molecule has 0 fully saturated rings. The van der Waals surface area contributed by atoms with Crippen LogP contribution in [0.4, 0.5) is 23.2 Å². The standard InChI is InChI=1S/C17H15F4NO2/c1-11-5-4-6-12(9-11)24-10-15(23)22-14-8-3-2-7-13(14)17(20,21)16(18)19/h2-9,16H,10H2,1H3,(H,22,23). The highest BCUT2D eigenvalue weighted by molar-refractivity contribution is 5.92. The molecule has 0 heterocycles. The number of hydrogen-bond donors (Lipinski definition) is 1. The van der Waals surface area contributed by atoms with Gasteiger partial charge in [0.2, 0.25) is 0 Å². The van der Waals surface area contributed by atoms with Gasteiger partial charge < -0.3 is 10.1 Å². The molecular formula is C17H15F4NO2. The molecule has 0 spiro atoms. The van der Waals surface area contributed by atoms with Crippen molar-refractivity contribution < 1.29 is 27.1 Å². The predicted molar refractivity (Wildman–Crippen MR) is 81.6 cm³/mol. The van der Waals surface area contributed by atoms with E-state index < -0.39 is 30.4 Å². The van der Waals surface area contributed by atoms with Gasteiger partial charge in [0.1, 0.15) is 5.75 Å². The van der Waals surface area contributed by atoms with E-state index in [0.717, 1.165) is 17.7 Å². The summed E-state index contributed by atoms with van der Waals surface area (Å²) < 4.78 is 57.4. The van der Waals surface area contributed by atoms with Crippen LogP contribution in [0.15, 0.2) is 48.5 Å². The normalized spacial score (nSPS) is 11.4. The number of carbonyl (C=O) groups is 1. The van der Waals surface area contributed by atoms with Gasteiger partial charge in [0.05, 0.1) is 11.3 Å². The lowest BCUT2D eigenvalue weighted by Crippen LogP contribution is -2.27. The molecule has 7 heteroatoms. The van der Waals surface area contributed by atoms with E-state index in [9.17, 15) is 22.4 Å².